The maximum absolute atomic E-state index is 13.4. The zero-order chi connectivity index (χ0) is 9.14. The molecule has 0 aliphatic heterocycles. The second-order valence-electron chi connectivity index (χ2n) is 2.85. The van der Waals surface area contributed by atoms with Gasteiger partial charge < -0.3 is 10.6 Å². The summed E-state index contributed by atoms with van der Waals surface area (Å²) in [6.07, 6.45) is 0. The minimum absolute atomic E-state index is 0.218. The molecule has 0 saturated carbocycles. The van der Waals surface area contributed by atoms with Gasteiger partial charge in [0.15, 0.2) is 5.82 Å². The molecule has 0 aliphatic rings. The summed E-state index contributed by atoms with van der Waals surface area (Å²) in [5.74, 6) is -0.218. The third kappa shape index (κ3) is 1.56. The first kappa shape index (κ1) is 9.00. The summed E-state index contributed by atoms with van der Waals surface area (Å²) in [6.45, 7) is 0.244. The number of nitrogens with zero attached hydrogens (tertiary/aromatic N) is 1. The van der Waals surface area contributed by atoms with E-state index in [1.807, 2.05) is 0 Å². The molecule has 2 N–H and O–H groups in total. The Kier molecular flexibility index (Phi) is 2.65. The van der Waals surface area contributed by atoms with Crippen molar-refractivity contribution in [2.24, 2.45) is 5.73 Å². The Balaban J connectivity index is 3.14. The van der Waals surface area contributed by atoms with Gasteiger partial charge in [0.05, 0.1) is 5.69 Å². The van der Waals surface area contributed by atoms with Crippen molar-refractivity contribution in [2.45, 2.75) is 6.54 Å². The minimum Gasteiger partial charge on any atom is -0.375 e. The number of rotatable bonds is 2. The molecule has 1 aromatic rings. The fraction of sp³-hybridized carbons (Fsp3) is 0.333. The summed E-state index contributed by atoms with van der Waals surface area (Å²) in [5.41, 5.74) is 6.50. The number of anilines is 1. The molecule has 0 heterocycles. The van der Waals surface area contributed by atoms with E-state index >= 15 is 0 Å². The topological polar surface area (TPSA) is 29.3 Å². The van der Waals surface area contributed by atoms with Crippen LogP contribution in [0.25, 0.3) is 0 Å². The van der Waals surface area contributed by atoms with Gasteiger partial charge in [0, 0.05) is 26.2 Å². The van der Waals surface area contributed by atoms with E-state index in [0.717, 1.165) is 0 Å². The molecule has 1 rings (SSSR count). The molecule has 0 fully saturated rings. The quantitative estimate of drug-likeness (QED) is 0.722. The molecule has 1 aromatic carbocycles. The fourth-order valence-corrected chi connectivity index (χ4v) is 1.07. The van der Waals surface area contributed by atoms with Gasteiger partial charge in [0.2, 0.25) is 0 Å². The number of hydrogen-bond acceptors (Lipinski definition) is 2. The van der Waals surface area contributed by atoms with Gasteiger partial charge in [-0.2, -0.15) is 0 Å². The van der Waals surface area contributed by atoms with Crippen LogP contribution in [0.1, 0.15) is 5.56 Å². The number of hydrogen-bond donors (Lipinski definition) is 1. The molecule has 0 bridgehead atoms. The molecule has 3 heteroatoms. The lowest BCUT2D eigenvalue weighted by atomic mass is 10.2. The first-order valence-corrected chi connectivity index (χ1v) is 3.81. The van der Waals surface area contributed by atoms with Crippen molar-refractivity contribution in [2.75, 3.05) is 19.0 Å². The van der Waals surface area contributed by atoms with Gasteiger partial charge in [0.1, 0.15) is 0 Å². The van der Waals surface area contributed by atoms with Crippen LogP contribution in [0.5, 0.6) is 0 Å². The van der Waals surface area contributed by atoms with E-state index in [1.165, 1.54) is 0 Å². The Labute approximate surface area is 71.8 Å². The molecule has 2 nitrogen and oxygen atoms in total. The maximum Gasteiger partial charge on any atom is 0.150 e. The van der Waals surface area contributed by atoms with Gasteiger partial charge in [-0.3, -0.25) is 0 Å². The molecular weight excluding hydrogens is 155 g/mol. The van der Waals surface area contributed by atoms with Crippen molar-refractivity contribution in [1.29, 1.82) is 0 Å². The maximum atomic E-state index is 13.4. The largest absolute Gasteiger partial charge is 0.375 e. The summed E-state index contributed by atoms with van der Waals surface area (Å²) in [5, 5.41) is 0. The molecule has 66 valence electrons. The molecule has 0 amide bonds. The molecular formula is C9H13FN2. The highest BCUT2D eigenvalue weighted by Gasteiger charge is 2.06. The molecule has 12 heavy (non-hydrogen) atoms. The van der Waals surface area contributed by atoms with Crippen LogP contribution < -0.4 is 10.6 Å². The number of nitrogens with two attached hydrogens (primary N) is 1. The average Bonchev–Trinajstić information content (AvgIpc) is 2.04. The third-order valence-corrected chi connectivity index (χ3v) is 1.76. The summed E-state index contributed by atoms with van der Waals surface area (Å²) >= 11 is 0. The predicted octanol–water partition coefficient (Wildman–Crippen LogP) is 1.35. The van der Waals surface area contributed by atoms with Crippen LogP contribution in [0.2, 0.25) is 0 Å². The van der Waals surface area contributed by atoms with Gasteiger partial charge in [0.25, 0.3) is 0 Å². The Hall–Kier alpha value is -1.09. The van der Waals surface area contributed by atoms with E-state index in [0.29, 0.717) is 11.3 Å². The summed E-state index contributed by atoms with van der Waals surface area (Å²) < 4.78 is 13.4. The Morgan fingerprint density at radius 3 is 2.58 bits per heavy atom. The highest BCUT2D eigenvalue weighted by molar-refractivity contribution is 5.48. The van der Waals surface area contributed by atoms with Gasteiger partial charge in [-0.05, 0) is 6.07 Å². The lowest BCUT2D eigenvalue weighted by Gasteiger charge is -2.14. The van der Waals surface area contributed by atoms with E-state index in [2.05, 4.69) is 0 Å². The Morgan fingerprint density at radius 2 is 2.08 bits per heavy atom. The first-order valence-electron chi connectivity index (χ1n) is 3.81. The molecule has 0 atom stereocenters. The second kappa shape index (κ2) is 3.54. The summed E-state index contributed by atoms with van der Waals surface area (Å²) in [6, 6.07) is 5.23. The van der Waals surface area contributed by atoms with E-state index in [9.17, 15) is 4.39 Å². The monoisotopic (exact) mass is 168 g/mol. The van der Waals surface area contributed by atoms with Crippen LogP contribution in [0.4, 0.5) is 10.1 Å². The molecule has 0 aromatic heterocycles. The SMILES string of the molecule is CN(C)c1cccc(CN)c1F. The molecule has 0 radical (unpaired) electrons. The Morgan fingerprint density at radius 1 is 1.42 bits per heavy atom. The van der Waals surface area contributed by atoms with E-state index < -0.39 is 0 Å². The predicted molar refractivity (Wildman–Crippen MR) is 48.6 cm³/mol. The number of halogens is 1. The van der Waals surface area contributed by atoms with Crippen molar-refractivity contribution in [3.8, 4) is 0 Å². The van der Waals surface area contributed by atoms with Crippen LogP contribution >= 0.6 is 0 Å². The van der Waals surface area contributed by atoms with Crippen molar-refractivity contribution in [3.05, 3.63) is 29.6 Å². The van der Waals surface area contributed by atoms with Crippen molar-refractivity contribution >= 4 is 5.69 Å². The van der Waals surface area contributed by atoms with Gasteiger partial charge >= 0.3 is 0 Å². The minimum atomic E-state index is -0.218. The summed E-state index contributed by atoms with van der Waals surface area (Å²) in [4.78, 5) is 1.73. The standard InChI is InChI=1S/C9H13FN2/c1-12(2)8-5-3-4-7(6-11)9(8)10/h3-5H,6,11H2,1-2H3. The van der Waals surface area contributed by atoms with Crippen molar-refractivity contribution in [1.82, 2.24) is 0 Å². The van der Waals surface area contributed by atoms with Crippen LogP contribution in [-0.2, 0) is 6.54 Å². The summed E-state index contributed by atoms with van der Waals surface area (Å²) in [7, 11) is 3.61. The molecule has 0 aliphatic carbocycles. The second-order valence-corrected chi connectivity index (χ2v) is 2.85. The third-order valence-electron chi connectivity index (χ3n) is 1.76. The van der Waals surface area contributed by atoms with E-state index in [4.69, 9.17) is 5.73 Å². The zero-order valence-corrected chi connectivity index (χ0v) is 7.34. The average molecular weight is 168 g/mol. The van der Waals surface area contributed by atoms with Crippen molar-refractivity contribution < 1.29 is 4.39 Å². The lowest BCUT2D eigenvalue weighted by Crippen LogP contribution is -2.12. The zero-order valence-electron chi connectivity index (χ0n) is 7.34. The van der Waals surface area contributed by atoms with Crippen LogP contribution in [0.15, 0.2) is 18.2 Å². The molecule has 0 saturated heterocycles. The van der Waals surface area contributed by atoms with Gasteiger partial charge in [-0.25, -0.2) is 4.39 Å². The highest BCUT2D eigenvalue weighted by Crippen LogP contribution is 2.19. The van der Waals surface area contributed by atoms with E-state index in [-0.39, 0.29) is 12.4 Å². The van der Waals surface area contributed by atoms with Gasteiger partial charge in [-0.1, -0.05) is 12.1 Å². The van der Waals surface area contributed by atoms with Gasteiger partial charge in [-0.15, -0.1) is 0 Å². The van der Waals surface area contributed by atoms with Crippen LogP contribution in [0, 0.1) is 5.82 Å². The number of benzene rings is 1. The van der Waals surface area contributed by atoms with E-state index in [1.54, 1.807) is 37.2 Å². The fourth-order valence-electron chi connectivity index (χ4n) is 1.07. The lowest BCUT2D eigenvalue weighted by molar-refractivity contribution is 0.609. The molecule has 0 unspecified atom stereocenters. The first-order chi connectivity index (χ1) is 5.66. The Bertz CT molecular complexity index is 271. The smallest absolute Gasteiger partial charge is 0.150 e. The normalized spacial score (nSPS) is 10.0. The highest BCUT2D eigenvalue weighted by atomic mass is 19.1. The van der Waals surface area contributed by atoms with Crippen molar-refractivity contribution in [3.63, 3.8) is 0 Å². The van der Waals surface area contributed by atoms with Crippen LogP contribution in [-0.4, -0.2) is 14.1 Å². The molecule has 0 spiro atoms. The van der Waals surface area contributed by atoms with Crippen LogP contribution in [0.3, 0.4) is 0 Å².